The minimum absolute atomic E-state index is 0.0870. The molecule has 0 radical (unpaired) electrons. The zero-order valence-corrected chi connectivity index (χ0v) is 18.8. The first kappa shape index (κ1) is 23.6. The minimum Gasteiger partial charge on any atom is -0.383 e. The smallest absolute Gasteiger partial charge is 0.259 e. The van der Waals surface area contributed by atoms with E-state index in [0.717, 1.165) is 40.9 Å². The number of hydrogen-bond donors (Lipinski definition) is 2. The predicted octanol–water partition coefficient (Wildman–Crippen LogP) is 3.88. The molecule has 0 aliphatic rings. The lowest BCUT2D eigenvalue weighted by Gasteiger charge is -2.14. The van der Waals surface area contributed by atoms with E-state index < -0.39 is 21.4 Å². The summed E-state index contributed by atoms with van der Waals surface area (Å²) in [6, 6.07) is 2.90. The zero-order chi connectivity index (χ0) is 21.8. The van der Waals surface area contributed by atoms with E-state index in [1.54, 1.807) is 13.8 Å². The molecule has 9 heteroatoms. The number of halogens is 1. The topological polar surface area (TPSA) is 106 Å². The molecule has 0 fully saturated rings. The molecule has 3 N–H and O–H groups in total. The first-order valence-electron chi connectivity index (χ1n) is 9.54. The summed E-state index contributed by atoms with van der Waals surface area (Å²) in [6.45, 7) is 7.07. The number of nitrogens with zero attached hydrogens (tertiary/aromatic N) is 2. The first-order valence-corrected chi connectivity index (χ1v) is 11.9. The molecule has 0 saturated heterocycles. The van der Waals surface area contributed by atoms with Gasteiger partial charge in [0.15, 0.2) is 9.92 Å². The third kappa shape index (κ3) is 6.15. The number of carbonyl (C=O) groups is 1. The van der Waals surface area contributed by atoms with Gasteiger partial charge < -0.3 is 5.11 Å². The molecule has 160 valence electrons. The molecule has 1 aromatic carbocycles. The monoisotopic (exact) mass is 441 g/mol. The average Bonchev–Trinajstić information content (AvgIpc) is 3.09. The molecule has 0 spiro atoms. The van der Waals surface area contributed by atoms with Crippen LogP contribution >= 0.6 is 11.3 Å². The van der Waals surface area contributed by atoms with Crippen LogP contribution in [-0.4, -0.2) is 20.2 Å². The van der Waals surface area contributed by atoms with Gasteiger partial charge in [0, 0.05) is 0 Å². The predicted molar refractivity (Wildman–Crippen MR) is 113 cm³/mol. The fraction of sp³-hybridized carbons (Fsp3) is 0.500. The Morgan fingerprint density at radius 3 is 2.28 bits per heavy atom. The molecule has 1 atom stereocenters. The Morgan fingerprint density at radius 2 is 1.83 bits per heavy atom. The van der Waals surface area contributed by atoms with Crippen molar-refractivity contribution in [3.8, 4) is 0 Å². The molecule has 1 unspecified atom stereocenters. The Bertz CT molecular complexity index is 976. The fourth-order valence-corrected chi connectivity index (χ4v) is 5.16. The van der Waals surface area contributed by atoms with Crippen LogP contribution in [0.5, 0.6) is 0 Å². The number of hydrogen-bond acceptors (Lipinski definition) is 5. The van der Waals surface area contributed by atoms with E-state index in [2.05, 4.69) is 9.35 Å². The van der Waals surface area contributed by atoms with Crippen LogP contribution in [0.15, 0.2) is 26.9 Å². The Balaban J connectivity index is 2.38. The molecule has 6 nitrogen and oxygen atoms in total. The van der Waals surface area contributed by atoms with Gasteiger partial charge in [0.25, 0.3) is 5.91 Å². The SMILES string of the molecule is CCCc1cc(F)cc(CCC)c1CC(=O)N=S(N)(=O)c1cnc(C(C)(C)O)s1. The molecule has 2 rings (SSSR count). The molecule has 1 amide bonds. The third-order valence-corrected chi connectivity index (χ3v) is 7.53. The van der Waals surface area contributed by atoms with E-state index in [0.29, 0.717) is 17.8 Å². The number of thiazole rings is 1. The van der Waals surface area contributed by atoms with Gasteiger partial charge in [-0.25, -0.2) is 18.7 Å². The molecular weight excluding hydrogens is 413 g/mol. The molecule has 0 aliphatic heterocycles. The highest BCUT2D eigenvalue weighted by atomic mass is 32.2. The summed E-state index contributed by atoms with van der Waals surface area (Å²) in [5.74, 6) is -0.950. The van der Waals surface area contributed by atoms with Crippen molar-refractivity contribution in [2.45, 2.75) is 69.6 Å². The van der Waals surface area contributed by atoms with Gasteiger partial charge in [0.2, 0.25) is 0 Å². The molecule has 1 aromatic heterocycles. The van der Waals surface area contributed by atoms with Crippen molar-refractivity contribution in [1.82, 2.24) is 4.98 Å². The first-order chi connectivity index (χ1) is 13.5. The van der Waals surface area contributed by atoms with Crippen molar-refractivity contribution in [1.29, 1.82) is 0 Å². The van der Waals surface area contributed by atoms with Gasteiger partial charge in [-0.3, -0.25) is 4.79 Å². The maximum atomic E-state index is 14.0. The second kappa shape index (κ2) is 9.42. The summed E-state index contributed by atoms with van der Waals surface area (Å²) >= 11 is 0.962. The highest BCUT2D eigenvalue weighted by Gasteiger charge is 2.23. The summed E-state index contributed by atoms with van der Waals surface area (Å²) in [4.78, 5) is 16.6. The van der Waals surface area contributed by atoms with E-state index in [1.165, 1.54) is 18.3 Å². The number of nitrogens with two attached hydrogens (primary N) is 1. The number of aryl methyl sites for hydroxylation is 2. The van der Waals surface area contributed by atoms with Gasteiger partial charge in [0.1, 0.15) is 20.6 Å². The van der Waals surface area contributed by atoms with Crippen molar-refractivity contribution >= 4 is 27.2 Å². The van der Waals surface area contributed by atoms with Crippen LogP contribution in [0.3, 0.4) is 0 Å². The molecule has 0 aliphatic carbocycles. The molecular formula is C20H28FN3O3S2. The Kier molecular flexibility index (Phi) is 7.67. The van der Waals surface area contributed by atoms with Crippen LogP contribution in [0.25, 0.3) is 0 Å². The van der Waals surface area contributed by atoms with Crippen LogP contribution in [0, 0.1) is 5.82 Å². The van der Waals surface area contributed by atoms with E-state index in [4.69, 9.17) is 5.14 Å². The number of aliphatic hydroxyl groups is 1. The quantitative estimate of drug-likeness (QED) is 0.648. The highest BCUT2D eigenvalue weighted by Crippen LogP contribution is 2.28. The highest BCUT2D eigenvalue weighted by molar-refractivity contribution is 7.93. The summed E-state index contributed by atoms with van der Waals surface area (Å²) in [5.41, 5.74) is 1.07. The second-order valence-corrected chi connectivity index (χ2v) is 10.5. The molecule has 0 bridgehead atoms. The number of benzene rings is 1. The number of carbonyl (C=O) groups excluding carboxylic acids is 1. The van der Waals surface area contributed by atoms with Crippen LogP contribution in [0.4, 0.5) is 4.39 Å². The zero-order valence-electron chi connectivity index (χ0n) is 17.2. The van der Waals surface area contributed by atoms with Gasteiger partial charge in [-0.15, -0.1) is 15.7 Å². The number of rotatable bonds is 8. The fourth-order valence-electron chi connectivity index (χ4n) is 3.02. The van der Waals surface area contributed by atoms with Crippen LogP contribution in [-0.2, 0) is 39.6 Å². The minimum atomic E-state index is -3.48. The average molecular weight is 442 g/mol. The van der Waals surface area contributed by atoms with E-state index in [9.17, 15) is 18.5 Å². The van der Waals surface area contributed by atoms with Gasteiger partial charge in [0.05, 0.1) is 12.6 Å². The van der Waals surface area contributed by atoms with Crippen molar-refractivity contribution in [2.24, 2.45) is 9.50 Å². The standard InChI is InChI=1S/C20H28FN3O3S2/c1-5-7-13-9-15(21)10-14(8-6-2)16(13)11-17(25)24-29(22,27)18-12-23-19(28-18)20(3,4)26/h9-10,12,26H,5-8,11H2,1-4H3,(H2,22,24,25,27). The lowest BCUT2D eigenvalue weighted by atomic mass is 9.93. The van der Waals surface area contributed by atoms with Gasteiger partial charge in [-0.05, 0) is 55.5 Å². The maximum absolute atomic E-state index is 14.0. The second-order valence-electron chi connectivity index (χ2n) is 7.48. The number of aromatic nitrogens is 1. The van der Waals surface area contributed by atoms with Crippen LogP contribution in [0.2, 0.25) is 0 Å². The Hall–Kier alpha value is -1.68. The van der Waals surface area contributed by atoms with E-state index in [-0.39, 0.29) is 16.4 Å². The number of amides is 1. The summed E-state index contributed by atoms with van der Waals surface area (Å²) in [6.07, 6.45) is 4.08. The van der Waals surface area contributed by atoms with Gasteiger partial charge in [-0.2, -0.15) is 0 Å². The van der Waals surface area contributed by atoms with Crippen LogP contribution in [0.1, 0.15) is 62.2 Å². The Labute approximate surface area is 175 Å². The van der Waals surface area contributed by atoms with Crippen molar-refractivity contribution in [2.75, 3.05) is 0 Å². The molecule has 0 saturated carbocycles. The summed E-state index contributed by atoms with van der Waals surface area (Å²) < 4.78 is 30.7. The van der Waals surface area contributed by atoms with E-state index >= 15 is 0 Å². The van der Waals surface area contributed by atoms with Gasteiger partial charge >= 0.3 is 0 Å². The van der Waals surface area contributed by atoms with Gasteiger partial charge in [-0.1, -0.05) is 26.7 Å². The molecule has 29 heavy (non-hydrogen) atoms. The van der Waals surface area contributed by atoms with Crippen molar-refractivity contribution in [3.63, 3.8) is 0 Å². The van der Waals surface area contributed by atoms with E-state index in [1.807, 2.05) is 13.8 Å². The Morgan fingerprint density at radius 1 is 1.28 bits per heavy atom. The van der Waals surface area contributed by atoms with Crippen molar-refractivity contribution in [3.05, 3.63) is 45.8 Å². The summed E-state index contributed by atoms with van der Waals surface area (Å²) in [7, 11) is -3.48. The molecule has 1 heterocycles. The van der Waals surface area contributed by atoms with Crippen molar-refractivity contribution < 1.29 is 18.5 Å². The summed E-state index contributed by atoms with van der Waals surface area (Å²) in [5, 5.41) is 16.2. The third-order valence-electron chi connectivity index (χ3n) is 4.30. The lowest BCUT2D eigenvalue weighted by molar-refractivity contribution is -0.117. The molecule has 2 aromatic rings. The normalized spacial score (nSPS) is 13.9. The largest absolute Gasteiger partial charge is 0.383 e. The maximum Gasteiger partial charge on any atom is 0.259 e. The van der Waals surface area contributed by atoms with Crippen LogP contribution < -0.4 is 5.14 Å². The lowest BCUT2D eigenvalue weighted by Crippen LogP contribution is -2.16.